The topological polar surface area (TPSA) is 66.4 Å². The molecule has 1 amide bonds. The first kappa shape index (κ1) is 15.4. The Morgan fingerprint density at radius 1 is 1.25 bits per heavy atom. The minimum Gasteiger partial charge on any atom is -0.477 e. The monoisotopic (exact) mass is 341 g/mol. The van der Waals surface area contributed by atoms with Gasteiger partial charge in [0.25, 0.3) is 0 Å². The lowest BCUT2D eigenvalue weighted by molar-refractivity contribution is -0.123. The molecule has 1 heterocycles. The van der Waals surface area contributed by atoms with Gasteiger partial charge in [0.2, 0.25) is 5.91 Å². The van der Waals surface area contributed by atoms with Gasteiger partial charge >= 0.3 is 5.97 Å². The van der Waals surface area contributed by atoms with Gasteiger partial charge in [-0.3, -0.25) is 4.79 Å². The molecule has 1 aromatic carbocycles. The smallest absolute Gasteiger partial charge is 0.345 e. The molecule has 2 aliphatic rings. The molecule has 2 atom stereocenters. The van der Waals surface area contributed by atoms with Crippen molar-refractivity contribution in [2.45, 2.75) is 37.6 Å². The summed E-state index contributed by atoms with van der Waals surface area (Å²) in [7, 11) is 0. The van der Waals surface area contributed by atoms with Crippen molar-refractivity contribution in [2.24, 2.45) is 5.92 Å². The first-order chi connectivity index (χ1) is 11.6. The van der Waals surface area contributed by atoms with Crippen LogP contribution in [-0.2, 0) is 23.2 Å². The number of rotatable bonds is 4. The Morgan fingerprint density at radius 3 is 2.88 bits per heavy atom. The van der Waals surface area contributed by atoms with Gasteiger partial charge in [0.15, 0.2) is 0 Å². The van der Waals surface area contributed by atoms with E-state index in [2.05, 4.69) is 29.6 Å². The summed E-state index contributed by atoms with van der Waals surface area (Å²) in [5, 5.41) is 11.9. The molecule has 1 spiro atoms. The third kappa shape index (κ3) is 2.53. The standard InChI is InChI=1S/C19H19NO3S/c21-17(20-11-13-7-8-16(24-13)18(22)23)15-10-19(15)9-3-5-12-4-1-2-6-14(12)19/h1-2,4,6-8,15H,3,5,9-11H2,(H,20,21)(H,22,23). The largest absolute Gasteiger partial charge is 0.477 e. The van der Waals surface area contributed by atoms with Gasteiger partial charge in [-0.05, 0) is 48.9 Å². The minimum absolute atomic E-state index is 0.0423. The molecule has 2 aromatic rings. The zero-order chi connectivity index (χ0) is 16.7. The van der Waals surface area contributed by atoms with E-state index in [1.807, 2.05) is 0 Å². The van der Waals surface area contributed by atoms with Crippen LogP contribution >= 0.6 is 11.3 Å². The highest BCUT2D eigenvalue weighted by Crippen LogP contribution is 2.60. The SMILES string of the molecule is O=C(O)c1ccc(CNC(=O)C2CC23CCCc2ccccc23)s1. The number of aryl methyl sites for hydroxylation is 1. The number of hydrogen-bond donors (Lipinski definition) is 2. The molecule has 1 aromatic heterocycles. The Labute approximate surface area is 144 Å². The van der Waals surface area contributed by atoms with Crippen LogP contribution in [-0.4, -0.2) is 17.0 Å². The second-order valence-electron chi connectivity index (χ2n) is 6.71. The lowest BCUT2D eigenvalue weighted by atomic mass is 9.78. The molecule has 0 aliphatic heterocycles. The van der Waals surface area contributed by atoms with Crippen molar-refractivity contribution in [3.05, 3.63) is 57.3 Å². The number of carbonyl (C=O) groups excluding carboxylic acids is 1. The molecule has 24 heavy (non-hydrogen) atoms. The van der Waals surface area contributed by atoms with Crippen LogP contribution in [0.4, 0.5) is 0 Å². The molecule has 0 radical (unpaired) electrons. The number of hydrogen-bond acceptors (Lipinski definition) is 3. The first-order valence-electron chi connectivity index (χ1n) is 8.28. The predicted octanol–water partition coefficient (Wildman–Crippen LogP) is 3.36. The van der Waals surface area contributed by atoms with E-state index >= 15 is 0 Å². The summed E-state index contributed by atoms with van der Waals surface area (Å²) >= 11 is 1.22. The zero-order valence-corrected chi connectivity index (χ0v) is 14.1. The summed E-state index contributed by atoms with van der Waals surface area (Å²) < 4.78 is 0. The fourth-order valence-electron chi connectivity index (χ4n) is 4.06. The molecule has 1 fully saturated rings. The molecule has 2 unspecified atom stereocenters. The molecule has 124 valence electrons. The predicted molar refractivity (Wildman–Crippen MR) is 92.3 cm³/mol. The Kier molecular flexibility index (Phi) is 3.68. The summed E-state index contributed by atoms with van der Waals surface area (Å²) in [4.78, 5) is 24.7. The first-order valence-corrected chi connectivity index (χ1v) is 9.10. The maximum absolute atomic E-state index is 12.6. The number of aromatic carboxylic acids is 1. The van der Waals surface area contributed by atoms with Crippen LogP contribution in [0.5, 0.6) is 0 Å². The van der Waals surface area contributed by atoms with Gasteiger partial charge < -0.3 is 10.4 Å². The van der Waals surface area contributed by atoms with E-state index in [0.29, 0.717) is 11.4 Å². The van der Waals surface area contributed by atoms with E-state index in [4.69, 9.17) is 5.11 Å². The average molecular weight is 341 g/mol. The Morgan fingerprint density at radius 2 is 2.08 bits per heavy atom. The molecule has 5 heteroatoms. The Bertz CT molecular complexity index is 812. The summed E-state index contributed by atoms with van der Waals surface area (Å²) in [6.07, 6.45) is 4.28. The number of nitrogens with one attached hydrogen (secondary N) is 1. The fourth-order valence-corrected chi connectivity index (χ4v) is 4.85. The Balaban J connectivity index is 1.43. The fraction of sp³-hybridized carbons (Fsp3) is 0.368. The number of benzene rings is 1. The van der Waals surface area contributed by atoms with Crippen molar-refractivity contribution in [1.29, 1.82) is 0 Å². The highest BCUT2D eigenvalue weighted by atomic mass is 32.1. The minimum atomic E-state index is -0.919. The number of carboxylic acid groups (broad SMARTS) is 1. The third-order valence-corrected chi connectivity index (χ3v) is 6.40. The van der Waals surface area contributed by atoms with Crippen LogP contribution in [0.15, 0.2) is 36.4 Å². The maximum atomic E-state index is 12.6. The van der Waals surface area contributed by atoms with Crippen molar-refractivity contribution in [2.75, 3.05) is 0 Å². The van der Waals surface area contributed by atoms with Crippen LogP contribution < -0.4 is 5.32 Å². The molecule has 0 bridgehead atoms. The summed E-state index contributed by atoms with van der Waals surface area (Å²) in [6, 6.07) is 11.9. The van der Waals surface area contributed by atoms with Crippen LogP contribution in [0.1, 0.15) is 44.9 Å². The average Bonchev–Trinajstić information content (AvgIpc) is 3.09. The van der Waals surface area contributed by atoms with E-state index in [-0.39, 0.29) is 17.2 Å². The Hall–Kier alpha value is -2.14. The highest BCUT2D eigenvalue weighted by molar-refractivity contribution is 7.13. The number of carbonyl (C=O) groups is 2. The van der Waals surface area contributed by atoms with E-state index in [1.54, 1.807) is 12.1 Å². The second-order valence-corrected chi connectivity index (χ2v) is 7.88. The molecule has 1 saturated carbocycles. The van der Waals surface area contributed by atoms with Gasteiger partial charge in [-0.2, -0.15) is 0 Å². The van der Waals surface area contributed by atoms with E-state index in [0.717, 1.165) is 30.6 Å². The molecule has 2 aliphatic carbocycles. The van der Waals surface area contributed by atoms with Gasteiger partial charge in [0.05, 0.1) is 6.54 Å². The normalized spacial score (nSPS) is 24.4. The summed E-state index contributed by atoms with van der Waals surface area (Å²) in [5.74, 6) is -0.771. The highest BCUT2D eigenvalue weighted by Gasteiger charge is 2.59. The number of thiophene rings is 1. The van der Waals surface area contributed by atoms with Gasteiger partial charge in [0.1, 0.15) is 4.88 Å². The van der Waals surface area contributed by atoms with Gasteiger partial charge in [0, 0.05) is 16.2 Å². The molecular weight excluding hydrogens is 322 g/mol. The zero-order valence-electron chi connectivity index (χ0n) is 13.2. The van der Waals surface area contributed by atoms with E-state index < -0.39 is 5.97 Å². The van der Waals surface area contributed by atoms with Gasteiger partial charge in [-0.15, -0.1) is 11.3 Å². The van der Waals surface area contributed by atoms with Crippen LogP contribution in [0.2, 0.25) is 0 Å². The summed E-state index contributed by atoms with van der Waals surface area (Å²) in [5.41, 5.74) is 2.80. The van der Waals surface area contributed by atoms with Crippen molar-refractivity contribution < 1.29 is 14.7 Å². The van der Waals surface area contributed by atoms with Gasteiger partial charge in [-0.1, -0.05) is 24.3 Å². The molecule has 2 N–H and O–H groups in total. The number of amides is 1. The van der Waals surface area contributed by atoms with E-state index in [1.165, 1.54) is 22.5 Å². The quantitative estimate of drug-likeness (QED) is 0.896. The maximum Gasteiger partial charge on any atom is 0.345 e. The molecular formula is C19H19NO3S. The molecule has 0 saturated heterocycles. The lowest BCUT2D eigenvalue weighted by Crippen LogP contribution is -2.29. The number of fused-ring (bicyclic) bond motifs is 2. The molecule has 4 rings (SSSR count). The summed E-state index contributed by atoms with van der Waals surface area (Å²) in [6.45, 7) is 0.408. The molecule has 4 nitrogen and oxygen atoms in total. The van der Waals surface area contributed by atoms with Crippen molar-refractivity contribution >= 4 is 23.2 Å². The number of carboxylic acids is 1. The lowest BCUT2D eigenvalue weighted by Gasteiger charge is -2.26. The van der Waals surface area contributed by atoms with Crippen molar-refractivity contribution in [3.8, 4) is 0 Å². The van der Waals surface area contributed by atoms with Crippen LogP contribution in [0, 0.1) is 5.92 Å². The van der Waals surface area contributed by atoms with E-state index in [9.17, 15) is 9.59 Å². The van der Waals surface area contributed by atoms with Crippen LogP contribution in [0.25, 0.3) is 0 Å². The van der Waals surface area contributed by atoms with Crippen molar-refractivity contribution in [1.82, 2.24) is 5.32 Å². The van der Waals surface area contributed by atoms with Crippen molar-refractivity contribution in [3.63, 3.8) is 0 Å². The van der Waals surface area contributed by atoms with Crippen LogP contribution in [0.3, 0.4) is 0 Å². The second kappa shape index (κ2) is 5.74. The van der Waals surface area contributed by atoms with Gasteiger partial charge in [-0.25, -0.2) is 4.79 Å². The third-order valence-electron chi connectivity index (χ3n) is 5.32.